The number of nitrogens with one attached hydrogen (secondary N) is 1. The molecule has 152 valence electrons. The fraction of sp³-hybridized carbons (Fsp3) is 0.333. The van der Waals surface area contributed by atoms with Crippen LogP contribution >= 0.6 is 0 Å². The van der Waals surface area contributed by atoms with Crippen molar-refractivity contribution in [3.63, 3.8) is 0 Å². The number of carbonyl (C=O) groups excluding carboxylic acids is 1. The third-order valence-electron chi connectivity index (χ3n) is 5.59. The van der Waals surface area contributed by atoms with Crippen molar-refractivity contribution in [3.8, 4) is 11.5 Å². The fourth-order valence-electron chi connectivity index (χ4n) is 3.93. The van der Waals surface area contributed by atoms with E-state index >= 15 is 0 Å². The van der Waals surface area contributed by atoms with Gasteiger partial charge in [-0.2, -0.15) is 10.1 Å². The summed E-state index contributed by atoms with van der Waals surface area (Å²) >= 11 is 0. The molecule has 0 saturated heterocycles. The first-order chi connectivity index (χ1) is 14.4. The van der Waals surface area contributed by atoms with Gasteiger partial charge in [0.05, 0.1) is 5.69 Å². The zero-order valence-electron chi connectivity index (χ0n) is 17.3. The van der Waals surface area contributed by atoms with Crippen LogP contribution in [0.4, 0.5) is 0 Å². The van der Waals surface area contributed by atoms with Crippen LogP contribution in [0.25, 0.3) is 17.3 Å². The molecule has 0 aliphatic heterocycles. The van der Waals surface area contributed by atoms with E-state index < -0.39 is 0 Å². The molecule has 0 aromatic carbocycles. The van der Waals surface area contributed by atoms with Gasteiger partial charge in [-0.15, -0.1) is 5.10 Å². The maximum atomic E-state index is 11.7. The summed E-state index contributed by atoms with van der Waals surface area (Å²) in [6.07, 6.45) is 2.80. The number of aryl methyl sites for hydroxylation is 3. The first-order valence-electron chi connectivity index (χ1n) is 9.88. The van der Waals surface area contributed by atoms with Crippen molar-refractivity contribution in [2.75, 3.05) is 7.05 Å². The second-order valence-electron chi connectivity index (χ2n) is 7.77. The van der Waals surface area contributed by atoms with Crippen molar-refractivity contribution >= 4 is 11.7 Å². The van der Waals surface area contributed by atoms with Gasteiger partial charge in [0, 0.05) is 37.6 Å². The Bertz CT molecular complexity index is 1270. The molecule has 1 N–H and O–H groups in total. The molecule has 0 bridgehead atoms. The van der Waals surface area contributed by atoms with E-state index in [1.54, 1.807) is 23.8 Å². The Morgan fingerprint density at radius 3 is 2.70 bits per heavy atom. The molecule has 1 aliphatic rings. The summed E-state index contributed by atoms with van der Waals surface area (Å²) in [5.74, 6) is 1.72. The van der Waals surface area contributed by atoms with Gasteiger partial charge >= 0.3 is 0 Å². The Balaban J connectivity index is 1.40. The highest BCUT2D eigenvalue weighted by molar-refractivity contribution is 5.91. The minimum atomic E-state index is -0.178. The second kappa shape index (κ2) is 6.72. The third-order valence-corrected chi connectivity index (χ3v) is 5.59. The molecule has 4 heterocycles. The lowest BCUT2D eigenvalue weighted by atomic mass is 10.1. The van der Waals surface area contributed by atoms with Crippen molar-refractivity contribution in [1.29, 1.82) is 0 Å². The molecule has 1 saturated carbocycles. The monoisotopic (exact) mass is 402 g/mol. The maximum absolute atomic E-state index is 11.7. The van der Waals surface area contributed by atoms with Crippen molar-refractivity contribution in [1.82, 2.24) is 39.7 Å². The van der Waals surface area contributed by atoms with Crippen molar-refractivity contribution in [2.24, 2.45) is 7.05 Å². The molecule has 5 rings (SSSR count). The second-order valence-corrected chi connectivity index (χ2v) is 7.77. The van der Waals surface area contributed by atoms with Crippen LogP contribution in [0, 0.1) is 13.8 Å². The molecular weight excluding hydrogens is 380 g/mol. The molecule has 4 aromatic heterocycles. The largest absolute Gasteiger partial charge is 0.354 e. The third kappa shape index (κ3) is 3.02. The van der Waals surface area contributed by atoms with Crippen LogP contribution in [0.1, 0.15) is 51.4 Å². The van der Waals surface area contributed by atoms with Gasteiger partial charge in [-0.05, 0) is 49.9 Å². The summed E-state index contributed by atoms with van der Waals surface area (Å²) in [5, 5.41) is 11.9. The summed E-state index contributed by atoms with van der Waals surface area (Å²) in [5.41, 5.74) is 5.35. The van der Waals surface area contributed by atoms with Crippen LogP contribution in [-0.4, -0.2) is 47.3 Å². The predicted octanol–water partition coefficient (Wildman–Crippen LogP) is 2.17. The highest BCUT2D eigenvalue weighted by Gasteiger charge is 2.42. The smallest absolute Gasteiger partial charge is 0.269 e. The standard InChI is InChI=1S/C21H22N8O/c1-11-7-12(2)29-21(24-11)25-19(27-29)18-9-17(26-28(18)4)15-8-14(15)13-5-6-16(23-10-13)20(30)22-3/h5-7,9-10,14-15H,8H2,1-4H3,(H,22,30)/t14?,15-/m1/s1. The van der Waals surface area contributed by atoms with Crippen LogP contribution in [0.2, 0.25) is 0 Å². The number of hydrogen-bond donors (Lipinski definition) is 1. The Kier molecular flexibility index (Phi) is 4.12. The zero-order valence-corrected chi connectivity index (χ0v) is 17.3. The number of fused-ring (bicyclic) bond motifs is 1. The van der Waals surface area contributed by atoms with Gasteiger partial charge in [-0.25, -0.2) is 9.50 Å². The number of hydrogen-bond acceptors (Lipinski definition) is 6. The first-order valence-corrected chi connectivity index (χ1v) is 9.88. The van der Waals surface area contributed by atoms with Crippen molar-refractivity contribution < 1.29 is 4.79 Å². The number of amides is 1. The Labute approximate surface area is 173 Å². The van der Waals surface area contributed by atoms with Crippen LogP contribution < -0.4 is 5.32 Å². The zero-order chi connectivity index (χ0) is 21.0. The van der Waals surface area contributed by atoms with E-state index in [9.17, 15) is 4.79 Å². The summed E-state index contributed by atoms with van der Waals surface area (Å²) in [6.45, 7) is 3.94. The maximum Gasteiger partial charge on any atom is 0.269 e. The van der Waals surface area contributed by atoms with Gasteiger partial charge in [0.25, 0.3) is 11.7 Å². The van der Waals surface area contributed by atoms with E-state index in [1.165, 1.54) is 0 Å². The van der Waals surface area contributed by atoms with Crippen LogP contribution in [0.3, 0.4) is 0 Å². The molecule has 0 radical (unpaired) electrons. The van der Waals surface area contributed by atoms with E-state index in [0.717, 1.165) is 34.8 Å². The summed E-state index contributed by atoms with van der Waals surface area (Å²) in [4.78, 5) is 25.0. The van der Waals surface area contributed by atoms with Gasteiger partial charge in [0.2, 0.25) is 5.82 Å². The molecule has 9 nitrogen and oxygen atoms in total. The van der Waals surface area contributed by atoms with Gasteiger partial charge in [0.15, 0.2) is 0 Å². The van der Waals surface area contributed by atoms with Crippen molar-refractivity contribution in [2.45, 2.75) is 32.1 Å². The van der Waals surface area contributed by atoms with Crippen LogP contribution in [0.5, 0.6) is 0 Å². The number of nitrogens with zero attached hydrogens (tertiary/aromatic N) is 7. The SMILES string of the molecule is CNC(=O)c1ccc(C2C[C@H]2c2cc(-c3nc4nc(C)cc(C)n4n3)n(C)n2)cn1. The Morgan fingerprint density at radius 1 is 1.13 bits per heavy atom. The molecule has 0 spiro atoms. The van der Waals surface area contributed by atoms with E-state index in [4.69, 9.17) is 5.10 Å². The highest BCUT2D eigenvalue weighted by Crippen LogP contribution is 2.54. The molecule has 1 unspecified atom stereocenters. The average Bonchev–Trinajstić information content (AvgIpc) is 3.27. The van der Waals surface area contributed by atoms with Crippen molar-refractivity contribution in [3.05, 3.63) is 58.8 Å². The van der Waals surface area contributed by atoms with E-state index in [1.807, 2.05) is 37.7 Å². The summed E-state index contributed by atoms with van der Waals surface area (Å²) in [7, 11) is 3.51. The molecule has 9 heteroatoms. The van der Waals surface area contributed by atoms with Crippen LogP contribution in [0.15, 0.2) is 30.5 Å². The molecule has 30 heavy (non-hydrogen) atoms. The summed E-state index contributed by atoms with van der Waals surface area (Å²) in [6, 6.07) is 7.80. The Hall–Kier alpha value is -3.62. The lowest BCUT2D eigenvalue weighted by Crippen LogP contribution is -2.19. The number of pyridine rings is 1. The quantitative estimate of drug-likeness (QED) is 0.561. The fourth-order valence-corrected chi connectivity index (χ4v) is 3.93. The molecule has 1 fully saturated rings. The minimum absolute atomic E-state index is 0.178. The van der Waals surface area contributed by atoms with Gasteiger partial charge in [0.1, 0.15) is 11.4 Å². The van der Waals surface area contributed by atoms with E-state index in [2.05, 4.69) is 31.4 Å². The van der Waals surface area contributed by atoms with Gasteiger partial charge in [-0.1, -0.05) is 6.07 Å². The molecule has 1 aliphatic carbocycles. The number of rotatable bonds is 4. The number of aromatic nitrogens is 7. The molecule has 1 amide bonds. The normalized spacial score (nSPS) is 18.0. The minimum Gasteiger partial charge on any atom is -0.354 e. The van der Waals surface area contributed by atoms with Crippen LogP contribution in [-0.2, 0) is 7.05 Å². The first kappa shape index (κ1) is 18.4. The molecule has 4 aromatic rings. The molecular formula is C21H22N8O. The lowest BCUT2D eigenvalue weighted by molar-refractivity contribution is 0.0958. The number of carbonyl (C=O) groups is 1. The lowest BCUT2D eigenvalue weighted by Gasteiger charge is -2.01. The van der Waals surface area contributed by atoms with Gasteiger partial charge in [-0.3, -0.25) is 14.5 Å². The summed E-state index contributed by atoms with van der Waals surface area (Å²) < 4.78 is 3.59. The highest BCUT2D eigenvalue weighted by atomic mass is 16.1. The topological polar surface area (TPSA) is 103 Å². The molecule has 2 atom stereocenters. The van der Waals surface area contributed by atoms with E-state index in [-0.39, 0.29) is 5.91 Å². The van der Waals surface area contributed by atoms with E-state index in [0.29, 0.717) is 29.1 Å². The predicted molar refractivity (Wildman–Crippen MR) is 110 cm³/mol. The average molecular weight is 402 g/mol. The van der Waals surface area contributed by atoms with Gasteiger partial charge < -0.3 is 5.32 Å². The Morgan fingerprint density at radius 2 is 1.97 bits per heavy atom.